The monoisotopic (exact) mass is 306 g/mol. The number of nitrogens with zero attached hydrogens (tertiary/aromatic N) is 1. The minimum absolute atomic E-state index is 0.0148. The molecule has 22 heavy (non-hydrogen) atoms. The second-order valence-electron chi connectivity index (χ2n) is 6.70. The summed E-state index contributed by atoms with van der Waals surface area (Å²) in [4.78, 5) is 25.2. The Hall–Kier alpha value is -1.88. The average Bonchev–Trinajstić information content (AvgIpc) is 2.39. The summed E-state index contributed by atoms with van der Waals surface area (Å²) in [5, 5.41) is 11.7. The Kier molecular flexibility index (Phi) is 6.56. The van der Waals surface area contributed by atoms with Gasteiger partial charge in [-0.2, -0.15) is 0 Å². The quantitative estimate of drug-likeness (QED) is 0.845. The molecule has 1 aromatic rings. The van der Waals surface area contributed by atoms with Crippen LogP contribution in [0.4, 0.5) is 5.69 Å². The Bertz CT molecular complexity index is 504. The number of rotatable bonds is 6. The van der Waals surface area contributed by atoms with E-state index in [9.17, 15) is 9.59 Å². The Morgan fingerprint density at radius 3 is 2.27 bits per heavy atom. The van der Waals surface area contributed by atoms with Gasteiger partial charge in [-0.25, -0.2) is 0 Å². The van der Waals surface area contributed by atoms with Crippen molar-refractivity contribution in [2.75, 3.05) is 25.5 Å². The molecule has 2 amide bonds. The van der Waals surface area contributed by atoms with Crippen LogP contribution >= 0.6 is 0 Å². The lowest BCUT2D eigenvalue weighted by Crippen LogP contribution is -2.30. The largest absolute Gasteiger partial charge is 0.395 e. The summed E-state index contributed by atoms with van der Waals surface area (Å²) in [6.07, 6.45) is 0.742. The van der Waals surface area contributed by atoms with Gasteiger partial charge in [-0.1, -0.05) is 32.9 Å². The Balaban J connectivity index is 2.56. The number of carbonyl (C=O) groups is 2. The number of benzene rings is 1. The van der Waals surface area contributed by atoms with E-state index in [1.165, 1.54) is 4.90 Å². The van der Waals surface area contributed by atoms with Crippen molar-refractivity contribution >= 4 is 17.5 Å². The molecule has 0 fully saturated rings. The van der Waals surface area contributed by atoms with Crippen molar-refractivity contribution in [1.29, 1.82) is 0 Å². The average molecular weight is 306 g/mol. The summed E-state index contributed by atoms with van der Waals surface area (Å²) in [6, 6.07) is 7.26. The molecule has 1 aromatic carbocycles. The van der Waals surface area contributed by atoms with E-state index in [0.717, 1.165) is 11.3 Å². The standard InChI is InChI=1S/C17H26N2O3/c1-17(2,3)12-15(21)18-14-7-5-13(6-8-14)11-16(22)19(4)9-10-20/h5-8,20H,9-12H2,1-4H3,(H,18,21). The SMILES string of the molecule is CN(CCO)C(=O)Cc1ccc(NC(=O)CC(C)(C)C)cc1. The van der Waals surface area contributed by atoms with Crippen LogP contribution < -0.4 is 5.32 Å². The van der Waals surface area contributed by atoms with Crippen molar-refractivity contribution in [3.63, 3.8) is 0 Å². The summed E-state index contributed by atoms with van der Waals surface area (Å²) in [5.41, 5.74) is 1.56. The van der Waals surface area contributed by atoms with Crippen molar-refractivity contribution in [2.24, 2.45) is 5.41 Å². The second kappa shape index (κ2) is 7.94. The number of hydrogen-bond donors (Lipinski definition) is 2. The third kappa shape index (κ3) is 6.72. The van der Waals surface area contributed by atoms with Crippen LogP contribution in [0.1, 0.15) is 32.8 Å². The Morgan fingerprint density at radius 2 is 1.77 bits per heavy atom. The topological polar surface area (TPSA) is 69.6 Å². The minimum Gasteiger partial charge on any atom is -0.395 e. The van der Waals surface area contributed by atoms with Gasteiger partial charge in [0.25, 0.3) is 0 Å². The Morgan fingerprint density at radius 1 is 1.18 bits per heavy atom. The molecule has 0 bridgehead atoms. The van der Waals surface area contributed by atoms with E-state index in [0.29, 0.717) is 13.0 Å². The molecule has 0 aromatic heterocycles. The van der Waals surface area contributed by atoms with Crippen molar-refractivity contribution in [3.8, 4) is 0 Å². The third-order valence-electron chi connectivity index (χ3n) is 3.15. The van der Waals surface area contributed by atoms with Gasteiger partial charge in [-0.15, -0.1) is 0 Å². The number of aliphatic hydroxyl groups excluding tert-OH is 1. The highest BCUT2D eigenvalue weighted by molar-refractivity contribution is 5.91. The van der Waals surface area contributed by atoms with Gasteiger partial charge in [0.1, 0.15) is 0 Å². The van der Waals surface area contributed by atoms with Crippen molar-refractivity contribution in [3.05, 3.63) is 29.8 Å². The maximum Gasteiger partial charge on any atom is 0.226 e. The molecule has 0 atom stereocenters. The molecule has 0 aliphatic rings. The molecule has 122 valence electrons. The van der Waals surface area contributed by atoms with Gasteiger partial charge in [-0.3, -0.25) is 9.59 Å². The first-order chi connectivity index (χ1) is 10.2. The molecule has 0 aliphatic carbocycles. The number of amides is 2. The number of nitrogens with one attached hydrogen (secondary N) is 1. The highest BCUT2D eigenvalue weighted by Gasteiger charge is 2.16. The molecule has 0 radical (unpaired) electrons. The summed E-state index contributed by atoms with van der Waals surface area (Å²) >= 11 is 0. The number of hydrogen-bond acceptors (Lipinski definition) is 3. The molecule has 0 aliphatic heterocycles. The third-order valence-corrected chi connectivity index (χ3v) is 3.15. The summed E-state index contributed by atoms with van der Waals surface area (Å²) in [6.45, 7) is 6.35. The smallest absolute Gasteiger partial charge is 0.226 e. The van der Waals surface area contributed by atoms with Gasteiger partial charge < -0.3 is 15.3 Å². The van der Waals surface area contributed by atoms with Crippen molar-refractivity contribution < 1.29 is 14.7 Å². The normalized spacial score (nSPS) is 11.1. The zero-order valence-electron chi connectivity index (χ0n) is 13.8. The molecule has 5 nitrogen and oxygen atoms in total. The predicted molar refractivity (Wildman–Crippen MR) is 87.6 cm³/mol. The molecule has 1 rings (SSSR count). The molecular weight excluding hydrogens is 280 g/mol. The van der Waals surface area contributed by atoms with Gasteiger partial charge in [0.15, 0.2) is 0 Å². The van der Waals surface area contributed by atoms with Crippen LogP contribution in [0.5, 0.6) is 0 Å². The highest BCUT2D eigenvalue weighted by atomic mass is 16.3. The molecule has 5 heteroatoms. The van der Waals surface area contributed by atoms with E-state index < -0.39 is 0 Å². The number of carbonyl (C=O) groups excluding carboxylic acids is 2. The van der Waals surface area contributed by atoms with E-state index in [4.69, 9.17) is 5.11 Å². The number of anilines is 1. The zero-order chi connectivity index (χ0) is 16.8. The fraction of sp³-hybridized carbons (Fsp3) is 0.529. The van der Waals surface area contributed by atoms with Crippen LogP contribution in [0, 0.1) is 5.41 Å². The number of aliphatic hydroxyl groups is 1. The zero-order valence-corrected chi connectivity index (χ0v) is 13.8. The highest BCUT2D eigenvalue weighted by Crippen LogP contribution is 2.19. The van der Waals surface area contributed by atoms with Crippen LogP contribution in [0.3, 0.4) is 0 Å². The fourth-order valence-electron chi connectivity index (χ4n) is 1.98. The van der Waals surface area contributed by atoms with Crippen molar-refractivity contribution in [1.82, 2.24) is 4.90 Å². The van der Waals surface area contributed by atoms with Crippen LogP contribution in [0.15, 0.2) is 24.3 Å². The first kappa shape index (κ1) is 18.2. The fourth-order valence-corrected chi connectivity index (χ4v) is 1.98. The molecule has 2 N–H and O–H groups in total. The van der Waals surface area contributed by atoms with Crippen LogP contribution in [0.2, 0.25) is 0 Å². The summed E-state index contributed by atoms with van der Waals surface area (Å²) in [7, 11) is 1.67. The summed E-state index contributed by atoms with van der Waals surface area (Å²) in [5.74, 6) is -0.0578. The van der Waals surface area contributed by atoms with Crippen molar-refractivity contribution in [2.45, 2.75) is 33.6 Å². The maximum absolute atomic E-state index is 11.9. The maximum atomic E-state index is 11.9. The van der Waals surface area contributed by atoms with E-state index in [1.807, 2.05) is 32.9 Å². The molecule has 0 heterocycles. The predicted octanol–water partition coefficient (Wildman–Crippen LogP) is 2.05. The van der Waals surface area contributed by atoms with Gasteiger partial charge in [0.05, 0.1) is 13.0 Å². The Labute approximate surface area is 132 Å². The first-order valence-electron chi connectivity index (χ1n) is 7.45. The molecule has 0 unspecified atom stereocenters. The lowest BCUT2D eigenvalue weighted by molar-refractivity contribution is -0.129. The molecule has 0 spiro atoms. The molecule has 0 saturated carbocycles. The van der Waals surface area contributed by atoms with E-state index >= 15 is 0 Å². The van der Waals surface area contributed by atoms with Crippen LogP contribution in [-0.2, 0) is 16.0 Å². The first-order valence-corrected chi connectivity index (χ1v) is 7.45. The van der Waals surface area contributed by atoms with Gasteiger partial charge in [0.2, 0.25) is 11.8 Å². The van der Waals surface area contributed by atoms with Crippen LogP contribution in [0.25, 0.3) is 0 Å². The van der Waals surface area contributed by atoms with Gasteiger partial charge in [0, 0.05) is 25.7 Å². The minimum atomic E-state index is -0.0479. The van der Waals surface area contributed by atoms with Gasteiger partial charge in [-0.05, 0) is 23.1 Å². The lowest BCUT2D eigenvalue weighted by Gasteiger charge is -2.17. The van der Waals surface area contributed by atoms with E-state index in [1.54, 1.807) is 19.2 Å². The molecule has 0 saturated heterocycles. The van der Waals surface area contributed by atoms with Crippen LogP contribution in [-0.4, -0.2) is 42.0 Å². The summed E-state index contributed by atoms with van der Waals surface area (Å²) < 4.78 is 0. The van der Waals surface area contributed by atoms with E-state index in [2.05, 4.69) is 5.32 Å². The second-order valence-corrected chi connectivity index (χ2v) is 6.70. The van der Waals surface area contributed by atoms with E-state index in [-0.39, 0.29) is 30.3 Å². The number of likely N-dealkylation sites (N-methyl/N-ethyl adjacent to an activating group) is 1. The lowest BCUT2D eigenvalue weighted by atomic mass is 9.92. The van der Waals surface area contributed by atoms with Gasteiger partial charge >= 0.3 is 0 Å². The molecular formula is C17H26N2O3.